The van der Waals surface area contributed by atoms with Gasteiger partial charge in [-0.3, -0.25) is 4.79 Å². The van der Waals surface area contributed by atoms with Crippen LogP contribution in [0, 0.1) is 5.92 Å². The van der Waals surface area contributed by atoms with Crippen LogP contribution in [0.1, 0.15) is 25.7 Å². The molecule has 1 aromatic heterocycles. The Bertz CT molecular complexity index is 506. The topological polar surface area (TPSA) is 59.0 Å². The molecule has 104 valence electrons. The number of rotatable bonds is 5. The number of halogens is 1. The fraction of sp³-hybridized carbons (Fsp3) is 0.692. The Labute approximate surface area is 117 Å². The zero-order valence-electron chi connectivity index (χ0n) is 10.9. The van der Waals surface area contributed by atoms with Crippen molar-refractivity contribution in [3.8, 4) is 0 Å². The molecule has 6 heteroatoms. The Kier molecular flexibility index (Phi) is 3.75. The number of nitrogens with one attached hydrogen (secondary N) is 2. The highest BCUT2D eigenvalue weighted by atomic mass is 35.5. The predicted octanol–water partition coefficient (Wildman–Crippen LogP) is 1.47. The third-order valence-corrected chi connectivity index (χ3v) is 4.10. The monoisotopic (exact) mass is 282 g/mol. The SMILES string of the molecule is O=c1c(NCC2CCCN2)c(Cl)cnn1CC1CC1. The molecule has 2 fully saturated rings. The molecule has 2 N–H and O–H groups in total. The first-order valence-electron chi connectivity index (χ1n) is 6.97. The highest BCUT2D eigenvalue weighted by Crippen LogP contribution is 2.30. The lowest BCUT2D eigenvalue weighted by Gasteiger charge is -2.14. The average Bonchev–Trinajstić information content (AvgIpc) is 3.06. The fourth-order valence-electron chi connectivity index (χ4n) is 2.46. The molecule has 19 heavy (non-hydrogen) atoms. The number of hydrogen-bond acceptors (Lipinski definition) is 4. The molecule has 1 saturated carbocycles. The largest absolute Gasteiger partial charge is 0.378 e. The van der Waals surface area contributed by atoms with Gasteiger partial charge in [0, 0.05) is 19.1 Å². The maximum Gasteiger partial charge on any atom is 0.291 e. The van der Waals surface area contributed by atoms with Crippen LogP contribution in [0.15, 0.2) is 11.0 Å². The highest BCUT2D eigenvalue weighted by Gasteiger charge is 2.24. The van der Waals surface area contributed by atoms with Crippen molar-refractivity contribution in [3.05, 3.63) is 21.6 Å². The molecule has 2 aliphatic rings. The second-order valence-electron chi connectivity index (χ2n) is 5.47. The van der Waals surface area contributed by atoms with Crippen molar-refractivity contribution in [1.82, 2.24) is 15.1 Å². The van der Waals surface area contributed by atoms with E-state index in [1.807, 2.05) is 0 Å². The molecule has 0 amide bonds. The fourth-order valence-corrected chi connectivity index (χ4v) is 2.65. The van der Waals surface area contributed by atoms with Crippen LogP contribution < -0.4 is 16.2 Å². The third-order valence-electron chi connectivity index (χ3n) is 3.81. The summed E-state index contributed by atoms with van der Waals surface area (Å²) in [5, 5.41) is 11.1. The second kappa shape index (κ2) is 5.51. The van der Waals surface area contributed by atoms with Gasteiger partial charge in [-0.1, -0.05) is 11.6 Å². The van der Waals surface area contributed by atoms with Gasteiger partial charge in [-0.15, -0.1) is 0 Å². The molecule has 0 radical (unpaired) electrons. The normalized spacial score (nSPS) is 22.7. The first kappa shape index (κ1) is 12.9. The van der Waals surface area contributed by atoms with Gasteiger partial charge in [-0.2, -0.15) is 5.10 Å². The number of aromatic nitrogens is 2. The lowest BCUT2D eigenvalue weighted by Crippen LogP contribution is -2.33. The Morgan fingerprint density at radius 2 is 2.32 bits per heavy atom. The van der Waals surface area contributed by atoms with E-state index in [0.29, 0.717) is 29.2 Å². The molecule has 0 bridgehead atoms. The van der Waals surface area contributed by atoms with Crippen LogP contribution in [0.3, 0.4) is 0 Å². The number of nitrogens with zero attached hydrogens (tertiary/aromatic N) is 2. The van der Waals surface area contributed by atoms with Crippen LogP contribution in [0.25, 0.3) is 0 Å². The number of hydrogen-bond donors (Lipinski definition) is 2. The maximum atomic E-state index is 12.3. The Balaban J connectivity index is 1.72. The van der Waals surface area contributed by atoms with E-state index in [-0.39, 0.29) is 5.56 Å². The van der Waals surface area contributed by atoms with Crippen molar-refractivity contribution in [3.63, 3.8) is 0 Å². The van der Waals surface area contributed by atoms with Gasteiger partial charge in [0.05, 0.1) is 11.2 Å². The summed E-state index contributed by atoms with van der Waals surface area (Å²) in [4.78, 5) is 12.3. The molecule has 1 atom stereocenters. The maximum absolute atomic E-state index is 12.3. The van der Waals surface area contributed by atoms with Gasteiger partial charge < -0.3 is 10.6 Å². The molecule has 1 aliphatic heterocycles. The minimum atomic E-state index is -0.0996. The van der Waals surface area contributed by atoms with Crippen molar-refractivity contribution < 1.29 is 0 Å². The van der Waals surface area contributed by atoms with E-state index in [1.165, 1.54) is 23.9 Å². The highest BCUT2D eigenvalue weighted by molar-refractivity contribution is 6.32. The van der Waals surface area contributed by atoms with Crippen LogP contribution in [0.2, 0.25) is 5.02 Å². The van der Waals surface area contributed by atoms with E-state index in [1.54, 1.807) is 6.20 Å². The summed E-state index contributed by atoms with van der Waals surface area (Å²) in [7, 11) is 0. The summed E-state index contributed by atoms with van der Waals surface area (Å²) >= 11 is 6.08. The Morgan fingerprint density at radius 1 is 1.47 bits per heavy atom. The average molecular weight is 283 g/mol. The molecule has 0 spiro atoms. The van der Waals surface area contributed by atoms with Crippen LogP contribution in [0.4, 0.5) is 5.69 Å². The second-order valence-corrected chi connectivity index (χ2v) is 5.88. The van der Waals surface area contributed by atoms with Crippen molar-refractivity contribution in [2.45, 2.75) is 38.3 Å². The summed E-state index contributed by atoms with van der Waals surface area (Å²) in [5.41, 5.74) is 0.392. The molecule has 1 unspecified atom stereocenters. The summed E-state index contributed by atoms with van der Waals surface area (Å²) < 4.78 is 1.54. The molecular formula is C13H19ClN4O. The van der Waals surface area contributed by atoms with Gasteiger partial charge in [0.25, 0.3) is 5.56 Å². The minimum absolute atomic E-state index is 0.0996. The molecule has 1 aliphatic carbocycles. The summed E-state index contributed by atoms with van der Waals surface area (Å²) in [6, 6.07) is 0.431. The standard InChI is InChI=1S/C13H19ClN4O/c14-11-7-17-18(8-9-3-4-9)13(19)12(11)16-6-10-2-1-5-15-10/h7,9-10,15-16H,1-6,8H2. The van der Waals surface area contributed by atoms with Gasteiger partial charge in [-0.05, 0) is 38.1 Å². The van der Waals surface area contributed by atoms with E-state index in [9.17, 15) is 4.79 Å². The Morgan fingerprint density at radius 3 is 3.00 bits per heavy atom. The molecule has 1 saturated heterocycles. The first-order valence-corrected chi connectivity index (χ1v) is 7.34. The lowest BCUT2D eigenvalue weighted by molar-refractivity contribution is 0.534. The van der Waals surface area contributed by atoms with Crippen LogP contribution in [-0.2, 0) is 6.54 Å². The van der Waals surface area contributed by atoms with Crippen LogP contribution in [-0.4, -0.2) is 28.9 Å². The lowest BCUT2D eigenvalue weighted by atomic mass is 10.2. The van der Waals surface area contributed by atoms with Gasteiger partial charge in [0.2, 0.25) is 0 Å². The van der Waals surface area contributed by atoms with Crippen molar-refractivity contribution in [2.75, 3.05) is 18.4 Å². The molecule has 1 aromatic rings. The van der Waals surface area contributed by atoms with Crippen molar-refractivity contribution in [1.29, 1.82) is 0 Å². The van der Waals surface area contributed by atoms with Crippen LogP contribution >= 0.6 is 11.6 Å². The Hall–Kier alpha value is -1.07. The van der Waals surface area contributed by atoms with E-state index in [2.05, 4.69) is 15.7 Å². The van der Waals surface area contributed by atoms with Gasteiger partial charge in [-0.25, -0.2) is 4.68 Å². The molecule has 2 heterocycles. The first-order chi connectivity index (χ1) is 9.24. The molecular weight excluding hydrogens is 264 g/mol. The van der Waals surface area contributed by atoms with E-state index in [4.69, 9.17) is 11.6 Å². The van der Waals surface area contributed by atoms with E-state index < -0.39 is 0 Å². The smallest absolute Gasteiger partial charge is 0.291 e. The third kappa shape index (κ3) is 3.09. The minimum Gasteiger partial charge on any atom is -0.378 e. The summed E-state index contributed by atoms with van der Waals surface area (Å²) in [5.74, 6) is 0.621. The zero-order valence-corrected chi connectivity index (χ0v) is 11.6. The quantitative estimate of drug-likeness (QED) is 0.859. The van der Waals surface area contributed by atoms with Gasteiger partial charge in [0.15, 0.2) is 0 Å². The van der Waals surface area contributed by atoms with E-state index in [0.717, 1.165) is 19.5 Å². The van der Waals surface area contributed by atoms with Gasteiger partial charge >= 0.3 is 0 Å². The number of anilines is 1. The van der Waals surface area contributed by atoms with Crippen molar-refractivity contribution >= 4 is 17.3 Å². The van der Waals surface area contributed by atoms with E-state index >= 15 is 0 Å². The zero-order chi connectivity index (χ0) is 13.2. The van der Waals surface area contributed by atoms with Gasteiger partial charge in [0.1, 0.15) is 5.69 Å². The molecule has 3 rings (SSSR count). The molecule has 0 aromatic carbocycles. The van der Waals surface area contributed by atoms with Crippen molar-refractivity contribution in [2.24, 2.45) is 5.92 Å². The summed E-state index contributed by atoms with van der Waals surface area (Å²) in [6.07, 6.45) is 6.31. The summed E-state index contributed by atoms with van der Waals surface area (Å²) in [6.45, 7) is 2.51. The predicted molar refractivity (Wildman–Crippen MR) is 75.7 cm³/mol. The molecule has 5 nitrogen and oxygen atoms in total. The van der Waals surface area contributed by atoms with Crippen LogP contribution in [0.5, 0.6) is 0 Å².